The van der Waals surface area contributed by atoms with Crippen LogP contribution in [0.1, 0.15) is 49.9 Å². The Bertz CT molecular complexity index is 4120. The second-order valence-electron chi connectivity index (χ2n) is 20.9. The molecule has 2 aliphatic carbocycles. The summed E-state index contributed by atoms with van der Waals surface area (Å²) in [6.45, 7) is 9.64. The minimum atomic E-state index is -0.211. The molecule has 0 aliphatic heterocycles. The largest absolute Gasteiger partial charge is 0.454 e. The fourth-order valence-corrected chi connectivity index (χ4v) is 12.5. The maximum Gasteiger partial charge on any atom is 0.159 e. The van der Waals surface area contributed by atoms with Crippen LogP contribution >= 0.6 is 0 Å². The second kappa shape index (κ2) is 14.8. The summed E-state index contributed by atoms with van der Waals surface area (Å²) in [6, 6.07) is 79.6. The quantitative estimate of drug-likeness (QED) is 0.166. The summed E-state index contributed by atoms with van der Waals surface area (Å²) in [5.74, 6) is 0. The van der Waals surface area contributed by atoms with Gasteiger partial charge in [0, 0.05) is 55.1 Å². The normalized spacial score (nSPS) is 14.1. The van der Waals surface area contributed by atoms with Crippen molar-refractivity contribution >= 4 is 99.5 Å². The first-order chi connectivity index (χ1) is 35.2. The molecule has 0 saturated heterocycles. The first-order valence-corrected chi connectivity index (χ1v) is 25.1. The molecule has 0 N–H and O–H groups in total. The molecule has 0 atom stereocenters. The maximum absolute atomic E-state index is 6.63. The molecule has 2 aliphatic rings. The van der Waals surface area contributed by atoms with Gasteiger partial charge in [-0.15, -0.1) is 0 Å². The summed E-state index contributed by atoms with van der Waals surface area (Å²) < 4.78 is 13.3. The Labute approximate surface area is 417 Å². The van der Waals surface area contributed by atoms with Crippen molar-refractivity contribution in [3.05, 3.63) is 241 Å². The zero-order valence-corrected chi connectivity index (χ0v) is 40.5. The van der Waals surface area contributed by atoms with Crippen LogP contribution in [-0.4, -0.2) is 0 Å². The van der Waals surface area contributed by atoms with E-state index >= 15 is 0 Å². The highest BCUT2D eigenvalue weighted by Crippen LogP contribution is 2.58. The topological polar surface area (TPSA) is 32.8 Å². The molecule has 15 rings (SSSR count). The highest BCUT2D eigenvalue weighted by molar-refractivity contribution is 6.12. The van der Waals surface area contributed by atoms with Gasteiger partial charge in [0.15, 0.2) is 11.2 Å². The third kappa shape index (κ3) is 5.81. The number of anilines is 6. The predicted molar refractivity (Wildman–Crippen MR) is 301 cm³/mol. The van der Waals surface area contributed by atoms with Crippen molar-refractivity contribution in [3.63, 3.8) is 0 Å². The summed E-state index contributed by atoms with van der Waals surface area (Å²) in [4.78, 5) is 4.68. The number of nitrogens with zero attached hydrogens (tertiary/aromatic N) is 2. The zero-order valence-electron chi connectivity index (χ0n) is 40.5. The van der Waals surface area contributed by atoms with E-state index in [-0.39, 0.29) is 10.8 Å². The molecule has 13 aromatic rings. The van der Waals surface area contributed by atoms with Crippen molar-refractivity contribution < 1.29 is 8.83 Å². The first kappa shape index (κ1) is 41.0. The molecule has 0 amide bonds. The van der Waals surface area contributed by atoms with Gasteiger partial charge in [-0.05, 0) is 169 Å². The van der Waals surface area contributed by atoms with E-state index in [0.29, 0.717) is 0 Å². The Hall–Kier alpha value is -8.86. The van der Waals surface area contributed by atoms with Crippen LogP contribution in [0.5, 0.6) is 0 Å². The van der Waals surface area contributed by atoms with Crippen LogP contribution in [0.3, 0.4) is 0 Å². The Balaban J connectivity index is 0.838. The van der Waals surface area contributed by atoms with Crippen LogP contribution in [0, 0.1) is 0 Å². The van der Waals surface area contributed by atoms with Gasteiger partial charge in [0.2, 0.25) is 0 Å². The lowest BCUT2D eigenvalue weighted by molar-refractivity contribution is 0.640. The van der Waals surface area contributed by atoms with E-state index in [1.807, 2.05) is 12.1 Å². The molecule has 4 heteroatoms. The molecule has 72 heavy (non-hydrogen) atoms. The molecule has 342 valence electrons. The van der Waals surface area contributed by atoms with Crippen LogP contribution < -0.4 is 9.80 Å². The number of benzene rings is 11. The van der Waals surface area contributed by atoms with E-state index < -0.39 is 0 Å². The number of para-hydroxylation sites is 6. The Morgan fingerprint density at radius 1 is 0.292 bits per heavy atom. The standard InChI is InChI=1S/C68H48N2O2/c1-67(2)57-37-43-33-47(69(45-17-7-5-8-18-45)61-25-15-23-51-49-21-11-13-27-63(49)71-65(51)61)31-29-41(43)35-53(57)55-39-56-54-36-42-30-32-48(34-44(42)38-58(54)68(3,4)60(56)40-59(55)67)70(46-19-9-6-10-20-46)62-26-16-24-52-50-22-12-14-28-64(50)72-66(52)62/h5-40H,1-4H3. The van der Waals surface area contributed by atoms with Crippen LogP contribution in [-0.2, 0) is 10.8 Å². The fraction of sp³-hybridized carbons (Fsp3) is 0.0882. The molecular weight excluding hydrogens is 877 g/mol. The number of hydrogen-bond acceptors (Lipinski definition) is 4. The van der Waals surface area contributed by atoms with Gasteiger partial charge in [-0.2, -0.15) is 0 Å². The zero-order chi connectivity index (χ0) is 48.0. The van der Waals surface area contributed by atoms with E-state index in [1.165, 1.54) is 66.1 Å². The summed E-state index contributed by atoms with van der Waals surface area (Å²) in [7, 11) is 0. The van der Waals surface area contributed by atoms with Crippen LogP contribution in [0.2, 0.25) is 0 Å². The van der Waals surface area contributed by atoms with Gasteiger partial charge in [0.1, 0.15) is 11.2 Å². The van der Waals surface area contributed by atoms with E-state index in [2.05, 4.69) is 244 Å². The molecule has 0 fully saturated rings. The molecule has 0 saturated carbocycles. The lowest BCUT2D eigenvalue weighted by atomic mass is 9.77. The molecule has 0 radical (unpaired) electrons. The Kier molecular flexibility index (Phi) is 8.44. The maximum atomic E-state index is 6.63. The molecule has 11 aromatic carbocycles. The lowest BCUT2D eigenvalue weighted by Gasteiger charge is -2.27. The SMILES string of the molecule is CC1(C)c2cc3c(cc2-c2cc4ccc(N(c5ccccc5)c5cccc6c5oc5ccccc56)cc4cc21)-c1cc2ccc(N(c4ccccc4)c4cccc5c4oc4ccccc45)cc2cc1C3(C)C. The molecule has 2 heterocycles. The van der Waals surface area contributed by atoms with Crippen LogP contribution in [0.25, 0.3) is 87.7 Å². The van der Waals surface area contributed by atoms with Crippen LogP contribution in [0.4, 0.5) is 34.1 Å². The van der Waals surface area contributed by atoms with Crippen molar-refractivity contribution in [1.82, 2.24) is 0 Å². The Morgan fingerprint density at radius 2 is 0.681 bits per heavy atom. The number of rotatable bonds is 6. The summed E-state index contributed by atoms with van der Waals surface area (Å²) in [5.41, 5.74) is 20.3. The average molecular weight is 925 g/mol. The van der Waals surface area contributed by atoms with E-state index in [9.17, 15) is 0 Å². The molecule has 2 aromatic heterocycles. The highest BCUT2D eigenvalue weighted by atomic mass is 16.3. The second-order valence-corrected chi connectivity index (χ2v) is 20.9. The van der Waals surface area contributed by atoms with Gasteiger partial charge in [-0.1, -0.05) is 143 Å². The monoisotopic (exact) mass is 924 g/mol. The summed E-state index contributed by atoms with van der Waals surface area (Å²) in [5, 5.41) is 9.35. The van der Waals surface area contributed by atoms with Crippen molar-refractivity contribution in [2.75, 3.05) is 9.80 Å². The lowest BCUT2D eigenvalue weighted by Crippen LogP contribution is -2.18. The Morgan fingerprint density at radius 3 is 1.14 bits per heavy atom. The third-order valence-electron chi connectivity index (χ3n) is 16.1. The van der Waals surface area contributed by atoms with Gasteiger partial charge >= 0.3 is 0 Å². The van der Waals surface area contributed by atoms with Crippen LogP contribution in [0.15, 0.2) is 227 Å². The summed E-state index contributed by atoms with van der Waals surface area (Å²) >= 11 is 0. The summed E-state index contributed by atoms with van der Waals surface area (Å²) in [6.07, 6.45) is 0. The van der Waals surface area contributed by atoms with Gasteiger partial charge < -0.3 is 18.6 Å². The molecule has 4 nitrogen and oxygen atoms in total. The van der Waals surface area contributed by atoms with Gasteiger partial charge in [0.05, 0.1) is 11.4 Å². The number of fused-ring (bicyclic) bond motifs is 14. The molecule has 0 spiro atoms. The van der Waals surface area contributed by atoms with E-state index in [4.69, 9.17) is 8.83 Å². The van der Waals surface area contributed by atoms with Gasteiger partial charge in [0.25, 0.3) is 0 Å². The predicted octanol–water partition coefficient (Wildman–Crippen LogP) is 19.3. The van der Waals surface area contributed by atoms with E-state index in [1.54, 1.807) is 0 Å². The number of furan rings is 2. The minimum Gasteiger partial charge on any atom is -0.454 e. The van der Waals surface area contributed by atoms with Gasteiger partial charge in [-0.3, -0.25) is 0 Å². The van der Waals surface area contributed by atoms with Crippen molar-refractivity contribution in [2.45, 2.75) is 38.5 Å². The number of hydrogen-bond donors (Lipinski definition) is 0. The molecule has 0 bridgehead atoms. The third-order valence-corrected chi connectivity index (χ3v) is 16.1. The minimum absolute atomic E-state index is 0.211. The first-order valence-electron chi connectivity index (χ1n) is 25.1. The average Bonchev–Trinajstić information content (AvgIpc) is 4.11. The molecule has 0 unspecified atom stereocenters. The highest BCUT2D eigenvalue weighted by Gasteiger charge is 2.42. The fourth-order valence-electron chi connectivity index (χ4n) is 12.5. The van der Waals surface area contributed by atoms with E-state index in [0.717, 1.165) is 78.0 Å². The van der Waals surface area contributed by atoms with Crippen molar-refractivity contribution in [1.29, 1.82) is 0 Å². The van der Waals surface area contributed by atoms with Crippen molar-refractivity contribution in [3.8, 4) is 22.3 Å². The van der Waals surface area contributed by atoms with Gasteiger partial charge in [-0.25, -0.2) is 0 Å². The molecular formula is C68H48N2O2. The van der Waals surface area contributed by atoms with Crippen molar-refractivity contribution in [2.24, 2.45) is 0 Å². The smallest absolute Gasteiger partial charge is 0.159 e.